The first-order valence-corrected chi connectivity index (χ1v) is 20.3. The van der Waals surface area contributed by atoms with E-state index >= 15 is 0 Å². The van der Waals surface area contributed by atoms with E-state index < -0.39 is 0 Å². The van der Waals surface area contributed by atoms with Crippen molar-refractivity contribution in [3.8, 4) is 56.7 Å². The van der Waals surface area contributed by atoms with Crippen LogP contribution in [0.25, 0.3) is 111 Å². The Labute approximate surface area is 346 Å². The molecule has 3 aromatic heterocycles. The third-order valence-electron chi connectivity index (χ3n) is 11.7. The third-order valence-corrected chi connectivity index (χ3v) is 11.7. The van der Waals surface area contributed by atoms with Crippen molar-refractivity contribution in [3.05, 3.63) is 212 Å². The zero-order valence-corrected chi connectivity index (χ0v) is 32.4. The van der Waals surface area contributed by atoms with E-state index in [4.69, 9.17) is 15.0 Å². The average Bonchev–Trinajstić information content (AvgIpc) is 3.83. The van der Waals surface area contributed by atoms with Crippen LogP contribution in [0.3, 0.4) is 0 Å². The van der Waals surface area contributed by atoms with Crippen LogP contribution in [0.1, 0.15) is 0 Å². The first-order valence-electron chi connectivity index (χ1n) is 20.3. The summed E-state index contributed by atoms with van der Waals surface area (Å²) in [6.07, 6.45) is 0. The van der Waals surface area contributed by atoms with Crippen molar-refractivity contribution in [2.75, 3.05) is 0 Å². The molecule has 9 aromatic carbocycles. The SMILES string of the molecule is c1ccc(-c2ccc(-c3nc(-c4ccccc4)nc(-c4ccc5ccc(-n6c7ccccc7c7cc8c9ccccc9n(-c9ccccc9)c8cc76)cc5c4)n3)cc2)cc1. The summed E-state index contributed by atoms with van der Waals surface area (Å²) in [5, 5.41) is 7.18. The van der Waals surface area contributed by atoms with Gasteiger partial charge in [0.1, 0.15) is 0 Å². The van der Waals surface area contributed by atoms with Gasteiger partial charge in [-0.15, -0.1) is 0 Å². The highest BCUT2D eigenvalue weighted by Crippen LogP contribution is 2.40. The molecule has 12 rings (SSSR count). The van der Waals surface area contributed by atoms with Crippen LogP contribution in [-0.4, -0.2) is 24.1 Å². The van der Waals surface area contributed by atoms with Crippen molar-refractivity contribution < 1.29 is 0 Å². The molecule has 5 nitrogen and oxygen atoms in total. The summed E-state index contributed by atoms with van der Waals surface area (Å²) in [6, 6.07) is 75.2. The molecule has 0 amide bonds. The summed E-state index contributed by atoms with van der Waals surface area (Å²) in [7, 11) is 0. The first-order chi connectivity index (χ1) is 29.7. The minimum Gasteiger partial charge on any atom is -0.309 e. The van der Waals surface area contributed by atoms with Crippen molar-refractivity contribution in [2.24, 2.45) is 0 Å². The van der Waals surface area contributed by atoms with E-state index in [-0.39, 0.29) is 0 Å². The number of fused-ring (bicyclic) bond motifs is 7. The molecule has 0 unspecified atom stereocenters. The fraction of sp³-hybridized carbons (Fsp3) is 0. The smallest absolute Gasteiger partial charge is 0.164 e. The van der Waals surface area contributed by atoms with Gasteiger partial charge in [-0.05, 0) is 76.5 Å². The van der Waals surface area contributed by atoms with Gasteiger partial charge in [-0.2, -0.15) is 0 Å². The largest absolute Gasteiger partial charge is 0.309 e. The molecule has 5 heteroatoms. The van der Waals surface area contributed by atoms with Gasteiger partial charge in [0.05, 0.1) is 22.1 Å². The van der Waals surface area contributed by atoms with E-state index in [0.717, 1.165) is 49.9 Å². The lowest BCUT2D eigenvalue weighted by Crippen LogP contribution is -2.00. The standard InChI is InChI=1S/C55H35N5/c1-4-14-36(15-5-1)37-24-27-40(28-25-37)54-56-53(39-16-6-2-7-17-39)57-55(58-54)41-29-26-38-30-31-44(33-42(38)32-41)60-50-23-13-11-21-46(50)48-34-47-45-20-10-12-22-49(45)59(51(47)35-52(48)60)43-18-8-3-9-19-43/h1-35H. The monoisotopic (exact) mass is 765 g/mol. The summed E-state index contributed by atoms with van der Waals surface area (Å²) in [4.78, 5) is 15.2. The summed E-state index contributed by atoms with van der Waals surface area (Å²) in [5.41, 5.74) is 12.1. The fourth-order valence-electron chi connectivity index (χ4n) is 8.87. The van der Waals surface area contributed by atoms with E-state index in [1.807, 2.05) is 36.4 Å². The van der Waals surface area contributed by atoms with Crippen LogP contribution in [0.5, 0.6) is 0 Å². The summed E-state index contributed by atoms with van der Waals surface area (Å²) in [5.74, 6) is 1.91. The van der Waals surface area contributed by atoms with E-state index in [0.29, 0.717) is 17.5 Å². The zero-order valence-electron chi connectivity index (χ0n) is 32.4. The van der Waals surface area contributed by atoms with E-state index in [2.05, 4.69) is 185 Å². The molecule has 60 heavy (non-hydrogen) atoms. The predicted molar refractivity (Wildman–Crippen MR) is 248 cm³/mol. The minimum atomic E-state index is 0.631. The lowest BCUT2D eigenvalue weighted by molar-refractivity contribution is 1.07. The Morgan fingerprint density at radius 3 is 1.33 bits per heavy atom. The van der Waals surface area contributed by atoms with Crippen LogP contribution in [0, 0.1) is 0 Å². The van der Waals surface area contributed by atoms with Crippen LogP contribution in [0.2, 0.25) is 0 Å². The molecule has 0 atom stereocenters. The second-order valence-electron chi connectivity index (χ2n) is 15.3. The summed E-state index contributed by atoms with van der Waals surface area (Å²) in [6.45, 7) is 0. The van der Waals surface area contributed by atoms with Crippen molar-refractivity contribution >= 4 is 54.4 Å². The Balaban J connectivity index is 1.02. The Morgan fingerprint density at radius 2 is 0.700 bits per heavy atom. The van der Waals surface area contributed by atoms with Gasteiger partial charge in [-0.25, -0.2) is 15.0 Å². The zero-order chi connectivity index (χ0) is 39.6. The number of aromatic nitrogens is 5. The summed E-state index contributed by atoms with van der Waals surface area (Å²) < 4.78 is 4.81. The van der Waals surface area contributed by atoms with E-state index in [1.165, 1.54) is 43.7 Å². The fourth-order valence-corrected chi connectivity index (χ4v) is 8.87. The van der Waals surface area contributed by atoms with Crippen LogP contribution < -0.4 is 0 Å². The van der Waals surface area contributed by atoms with Crippen LogP contribution in [0.15, 0.2) is 212 Å². The Morgan fingerprint density at radius 1 is 0.250 bits per heavy atom. The molecule has 0 radical (unpaired) electrons. The Bertz CT molecular complexity index is 3570. The first kappa shape index (κ1) is 33.9. The highest BCUT2D eigenvalue weighted by molar-refractivity contribution is 6.19. The van der Waals surface area contributed by atoms with Gasteiger partial charge in [-0.3, -0.25) is 0 Å². The average molecular weight is 766 g/mol. The highest BCUT2D eigenvalue weighted by atomic mass is 15.0. The van der Waals surface area contributed by atoms with Crippen molar-refractivity contribution in [2.45, 2.75) is 0 Å². The molecule has 12 aromatic rings. The number of rotatable bonds is 6. The van der Waals surface area contributed by atoms with Crippen LogP contribution >= 0.6 is 0 Å². The lowest BCUT2D eigenvalue weighted by atomic mass is 10.0. The highest BCUT2D eigenvalue weighted by Gasteiger charge is 2.19. The van der Waals surface area contributed by atoms with Crippen molar-refractivity contribution in [3.63, 3.8) is 0 Å². The molecule has 0 saturated heterocycles. The third kappa shape index (κ3) is 5.59. The molecule has 280 valence electrons. The molecule has 0 aliphatic rings. The van der Waals surface area contributed by atoms with E-state index in [9.17, 15) is 0 Å². The van der Waals surface area contributed by atoms with Gasteiger partial charge in [0.15, 0.2) is 17.5 Å². The molecule has 0 spiro atoms. The van der Waals surface area contributed by atoms with Crippen molar-refractivity contribution in [1.82, 2.24) is 24.1 Å². The van der Waals surface area contributed by atoms with Crippen LogP contribution in [0.4, 0.5) is 0 Å². The second-order valence-corrected chi connectivity index (χ2v) is 15.3. The molecule has 0 saturated carbocycles. The lowest BCUT2D eigenvalue weighted by Gasteiger charge is -2.12. The molecule has 0 aliphatic heterocycles. The molecule has 0 N–H and O–H groups in total. The maximum absolute atomic E-state index is 5.11. The van der Waals surface area contributed by atoms with E-state index in [1.54, 1.807) is 0 Å². The summed E-state index contributed by atoms with van der Waals surface area (Å²) >= 11 is 0. The topological polar surface area (TPSA) is 48.5 Å². The Hall–Kier alpha value is -8.15. The maximum atomic E-state index is 5.11. The molecule has 3 heterocycles. The number of hydrogen-bond donors (Lipinski definition) is 0. The number of nitrogens with zero attached hydrogens (tertiary/aromatic N) is 5. The van der Waals surface area contributed by atoms with Gasteiger partial charge in [0, 0.05) is 49.6 Å². The minimum absolute atomic E-state index is 0.631. The molecular weight excluding hydrogens is 731 g/mol. The van der Waals surface area contributed by atoms with Crippen molar-refractivity contribution in [1.29, 1.82) is 0 Å². The number of para-hydroxylation sites is 3. The molecule has 0 fully saturated rings. The van der Waals surface area contributed by atoms with Gasteiger partial charge in [0.25, 0.3) is 0 Å². The van der Waals surface area contributed by atoms with Gasteiger partial charge in [-0.1, -0.05) is 158 Å². The quantitative estimate of drug-likeness (QED) is 0.169. The van der Waals surface area contributed by atoms with Gasteiger partial charge < -0.3 is 9.13 Å². The normalized spacial score (nSPS) is 11.7. The maximum Gasteiger partial charge on any atom is 0.164 e. The number of hydrogen-bond acceptors (Lipinski definition) is 3. The molecule has 0 aliphatic carbocycles. The van der Waals surface area contributed by atoms with Crippen LogP contribution in [-0.2, 0) is 0 Å². The number of benzene rings is 9. The van der Waals surface area contributed by atoms with Gasteiger partial charge >= 0.3 is 0 Å². The predicted octanol–water partition coefficient (Wildman–Crippen LogP) is 13.9. The molecular formula is C55H35N5. The second kappa shape index (κ2) is 13.8. The Kier molecular flexibility index (Phi) is 7.78. The molecule has 0 bridgehead atoms. The van der Waals surface area contributed by atoms with Gasteiger partial charge in [0.2, 0.25) is 0 Å².